The topological polar surface area (TPSA) is 18.5 Å². The van der Waals surface area contributed by atoms with E-state index in [2.05, 4.69) is 127 Å². The molecule has 8 heteroatoms. The number of hydrogen-bond donors (Lipinski definition) is 0. The van der Waals surface area contributed by atoms with E-state index in [1.54, 1.807) is 33.4 Å². The molecule has 4 bridgehead atoms. The van der Waals surface area contributed by atoms with Gasteiger partial charge in [-0.1, -0.05) is 105 Å². The number of halogens is 4. The summed E-state index contributed by atoms with van der Waals surface area (Å²) in [7, 11) is 0. The van der Waals surface area contributed by atoms with Crippen molar-refractivity contribution in [2.24, 2.45) is 11.8 Å². The molecular weight excluding hydrogens is 1040 g/mol. The molecule has 8 atom stereocenters. The first kappa shape index (κ1) is 45.4. The summed E-state index contributed by atoms with van der Waals surface area (Å²) in [4.78, 5) is 3.05. The van der Waals surface area contributed by atoms with Gasteiger partial charge < -0.3 is 9.47 Å². The Morgan fingerprint density at radius 3 is 1.03 bits per heavy atom. The molecule has 2 nitrogen and oxygen atoms in total. The number of thioether (sulfide) groups is 2. The molecule has 0 aliphatic carbocycles. The number of benzene rings is 3. The molecule has 9 rings (SSSR count). The highest BCUT2D eigenvalue weighted by Gasteiger charge is 2.59. The average Bonchev–Trinajstić information content (AvgIpc) is 4.03. The summed E-state index contributed by atoms with van der Waals surface area (Å²) in [5.41, 5.74) is 15.7. The first-order chi connectivity index (χ1) is 29.3. The molecule has 8 unspecified atom stereocenters. The summed E-state index contributed by atoms with van der Waals surface area (Å²) >= 11 is 21.1. The number of rotatable bonds is 20. The van der Waals surface area contributed by atoms with Crippen LogP contribution in [0, 0.1) is 11.8 Å². The van der Waals surface area contributed by atoms with Crippen LogP contribution in [0.5, 0.6) is 0 Å². The molecule has 0 spiro atoms. The largest absolute Gasteiger partial charge is 0.364 e. The van der Waals surface area contributed by atoms with Crippen LogP contribution in [0.2, 0.25) is 0 Å². The first-order valence-corrected chi connectivity index (χ1v) is 29.1. The van der Waals surface area contributed by atoms with Crippen molar-refractivity contribution in [1.29, 1.82) is 0 Å². The Hall–Kier alpha value is 0.200. The van der Waals surface area contributed by atoms with E-state index >= 15 is 0 Å². The van der Waals surface area contributed by atoms with Crippen molar-refractivity contribution in [3.05, 3.63) is 85.7 Å². The highest BCUT2D eigenvalue weighted by Crippen LogP contribution is 2.68. The molecule has 0 N–H and O–H groups in total. The number of hydrogen-bond acceptors (Lipinski definition) is 4. The smallest absolute Gasteiger partial charge is 0.0966 e. The molecule has 0 saturated carbocycles. The van der Waals surface area contributed by atoms with Gasteiger partial charge in [-0.2, -0.15) is 0 Å². The van der Waals surface area contributed by atoms with Crippen LogP contribution in [0.15, 0.2) is 39.8 Å². The Labute approximate surface area is 404 Å². The lowest BCUT2D eigenvalue weighted by atomic mass is 9.73. The summed E-state index contributed by atoms with van der Waals surface area (Å²) in [5.74, 6) is 1.03. The molecule has 6 heterocycles. The van der Waals surface area contributed by atoms with Crippen LogP contribution in [0.4, 0.5) is 0 Å². The van der Waals surface area contributed by atoms with Gasteiger partial charge in [0.1, 0.15) is 0 Å². The maximum Gasteiger partial charge on any atom is 0.0966 e. The Morgan fingerprint density at radius 2 is 0.733 bits per heavy atom. The van der Waals surface area contributed by atoms with E-state index in [9.17, 15) is 0 Å². The number of ether oxygens (including phenoxy) is 2. The molecule has 3 aromatic carbocycles. The lowest BCUT2D eigenvalue weighted by Gasteiger charge is -2.40. The standard InChI is InChI=1S/C52H66Br4O2S2/c1-5-9-13-17-21-29-39-41(31(45(55)43(29)53)23-19-15-11-7-3)49-51-35(47(39)57-49)27-33-34-28-36-48-40-30(22-18-14-10-6-2)44(54)46(56)32(24-20-16-12-8-4)42(40)50(58-48)52(36)60-38(34)26-25-37(33)59-51/h25-26,35-36,47-52H,5-24,27-28H2,1-4H3. The minimum absolute atomic E-state index is 0.183. The van der Waals surface area contributed by atoms with Gasteiger partial charge in [-0.15, -0.1) is 23.5 Å². The van der Waals surface area contributed by atoms with Crippen LogP contribution in [0.25, 0.3) is 0 Å². The predicted molar refractivity (Wildman–Crippen MR) is 268 cm³/mol. The van der Waals surface area contributed by atoms with Gasteiger partial charge in [-0.3, -0.25) is 0 Å². The van der Waals surface area contributed by atoms with Gasteiger partial charge in [0.15, 0.2) is 0 Å². The van der Waals surface area contributed by atoms with E-state index in [-0.39, 0.29) is 24.4 Å². The normalized spacial score (nSPS) is 26.3. The third-order valence-electron chi connectivity index (χ3n) is 15.1. The van der Waals surface area contributed by atoms with E-state index in [0.717, 1.165) is 38.5 Å². The van der Waals surface area contributed by atoms with Crippen LogP contribution >= 0.6 is 87.2 Å². The minimum Gasteiger partial charge on any atom is -0.364 e. The van der Waals surface area contributed by atoms with Crippen molar-refractivity contribution in [3.8, 4) is 0 Å². The van der Waals surface area contributed by atoms with Crippen LogP contribution in [0.3, 0.4) is 0 Å². The van der Waals surface area contributed by atoms with Crippen LogP contribution in [0.1, 0.15) is 210 Å². The van der Waals surface area contributed by atoms with Crippen molar-refractivity contribution in [2.75, 3.05) is 0 Å². The van der Waals surface area contributed by atoms with Crippen LogP contribution < -0.4 is 0 Å². The van der Waals surface area contributed by atoms with E-state index in [4.69, 9.17) is 9.47 Å². The Balaban J connectivity index is 1.03. The molecule has 0 amide bonds. The lowest BCUT2D eigenvalue weighted by molar-refractivity contribution is 0.0592. The molecular formula is C52H66Br4O2S2. The number of fused-ring (bicyclic) bond motifs is 19. The summed E-state index contributed by atoms with van der Waals surface area (Å²) in [5, 5.41) is 0.957. The number of unbranched alkanes of at least 4 members (excludes halogenated alkanes) is 12. The van der Waals surface area contributed by atoms with E-state index in [1.807, 2.05) is 0 Å². The molecule has 0 radical (unpaired) electrons. The quantitative estimate of drug-likeness (QED) is 0.105. The molecule has 0 aromatic heterocycles. The Bertz CT molecular complexity index is 1920. The Kier molecular flexibility index (Phi) is 15.1. The fraction of sp³-hybridized carbons (Fsp3) is 0.654. The zero-order valence-electron chi connectivity index (χ0n) is 36.5. The average molecular weight is 1110 g/mol. The minimum atomic E-state index is 0.183. The van der Waals surface area contributed by atoms with Gasteiger partial charge in [0, 0.05) is 50.0 Å². The van der Waals surface area contributed by atoms with Gasteiger partial charge in [-0.25, -0.2) is 0 Å². The monoisotopic (exact) mass is 1100 g/mol. The second-order valence-electron chi connectivity index (χ2n) is 18.9. The van der Waals surface area contributed by atoms with E-state index < -0.39 is 0 Å². The van der Waals surface area contributed by atoms with Crippen molar-refractivity contribution in [2.45, 2.75) is 214 Å². The van der Waals surface area contributed by atoms with Gasteiger partial charge in [0.05, 0.1) is 24.4 Å². The SMILES string of the molecule is CCCCCCc1c(Br)c(Br)c(CCCCCC)c2c1C1OC2C2Sc3ccc4c(c3CC12)CC1C2OC(c3c(CCCCCC)c(Br)c(Br)c(CCCCCC)c32)C1S4. The third-order valence-corrected chi connectivity index (χ3v) is 22.7. The fourth-order valence-corrected chi connectivity index (χ4v) is 17.8. The molecule has 6 aliphatic heterocycles. The van der Waals surface area contributed by atoms with Crippen molar-refractivity contribution in [3.63, 3.8) is 0 Å². The van der Waals surface area contributed by atoms with Gasteiger partial charge in [0.25, 0.3) is 0 Å². The van der Waals surface area contributed by atoms with Gasteiger partial charge in [-0.05, 0) is 196 Å². The molecule has 326 valence electrons. The van der Waals surface area contributed by atoms with Gasteiger partial charge >= 0.3 is 0 Å². The predicted octanol–water partition coefficient (Wildman–Crippen LogP) is 18.1. The second kappa shape index (κ2) is 20.0. The lowest BCUT2D eigenvalue weighted by Crippen LogP contribution is -2.34. The van der Waals surface area contributed by atoms with E-state index in [1.165, 1.54) is 153 Å². The maximum absolute atomic E-state index is 7.30. The summed E-state index contributed by atoms with van der Waals surface area (Å²) in [6.45, 7) is 9.27. The maximum atomic E-state index is 7.30. The zero-order valence-corrected chi connectivity index (χ0v) is 44.5. The van der Waals surface area contributed by atoms with Crippen molar-refractivity contribution >= 4 is 87.2 Å². The molecule has 2 fully saturated rings. The van der Waals surface area contributed by atoms with Crippen LogP contribution in [-0.4, -0.2) is 10.5 Å². The molecule has 6 aliphatic rings. The van der Waals surface area contributed by atoms with Crippen LogP contribution in [-0.2, 0) is 48.0 Å². The van der Waals surface area contributed by atoms with Crippen molar-refractivity contribution < 1.29 is 9.47 Å². The molecule has 3 aromatic rings. The summed E-state index contributed by atoms with van der Waals surface area (Å²) < 4.78 is 19.8. The second-order valence-corrected chi connectivity index (χ2v) is 24.6. The summed E-state index contributed by atoms with van der Waals surface area (Å²) in [6, 6.07) is 5.00. The van der Waals surface area contributed by atoms with Gasteiger partial charge in [0.2, 0.25) is 0 Å². The molecule has 2 saturated heterocycles. The third kappa shape index (κ3) is 8.11. The van der Waals surface area contributed by atoms with Crippen molar-refractivity contribution in [1.82, 2.24) is 0 Å². The highest BCUT2D eigenvalue weighted by molar-refractivity contribution is 9.13. The highest BCUT2D eigenvalue weighted by atomic mass is 79.9. The Morgan fingerprint density at radius 1 is 0.433 bits per heavy atom. The molecule has 60 heavy (non-hydrogen) atoms. The van der Waals surface area contributed by atoms with E-state index in [0.29, 0.717) is 22.3 Å². The summed E-state index contributed by atoms with van der Waals surface area (Å²) in [6.07, 6.45) is 28.1. The first-order valence-electron chi connectivity index (χ1n) is 24.2. The zero-order chi connectivity index (χ0) is 41.7. The fourth-order valence-electron chi connectivity index (χ4n) is 12.2.